The summed E-state index contributed by atoms with van der Waals surface area (Å²) in [5, 5.41) is 0. The number of hydrogen-bond donors (Lipinski definition) is 0. The molecule has 0 spiro atoms. The van der Waals surface area contributed by atoms with Crippen LogP contribution in [0.2, 0.25) is 0 Å². The van der Waals surface area contributed by atoms with Crippen molar-refractivity contribution in [2.24, 2.45) is 0 Å². The summed E-state index contributed by atoms with van der Waals surface area (Å²) in [5.41, 5.74) is 0.992. The van der Waals surface area contributed by atoms with E-state index in [1.54, 1.807) is 7.11 Å². The lowest BCUT2D eigenvalue weighted by molar-refractivity contribution is -0.143. The van der Waals surface area contributed by atoms with Gasteiger partial charge in [-0.1, -0.05) is 25.0 Å². The molecule has 0 aliphatic carbocycles. The average molecular weight is 291 g/mol. The summed E-state index contributed by atoms with van der Waals surface area (Å²) in [4.78, 5) is 14.5. The minimum absolute atomic E-state index is 0.163. The maximum Gasteiger partial charge on any atom is 0.314 e. The molecule has 1 saturated heterocycles. The van der Waals surface area contributed by atoms with Gasteiger partial charge in [0.2, 0.25) is 0 Å². The highest BCUT2D eigenvalue weighted by atomic mass is 16.5. The lowest BCUT2D eigenvalue weighted by Crippen LogP contribution is -2.33. The second-order valence-corrected chi connectivity index (χ2v) is 5.56. The Kier molecular flexibility index (Phi) is 6.05. The minimum atomic E-state index is -0.223. The standard InChI is InChI=1S/C17H25NO3/c1-20-15-9-7-14(8-10-15)16(17(19)21-2)13-18-11-5-3-4-6-12-18/h7-10,16H,3-6,11-13H2,1-2H3. The molecule has 1 atom stereocenters. The van der Waals surface area contributed by atoms with E-state index in [1.807, 2.05) is 24.3 Å². The van der Waals surface area contributed by atoms with Crippen LogP contribution in [0.15, 0.2) is 24.3 Å². The third kappa shape index (κ3) is 4.46. The van der Waals surface area contributed by atoms with E-state index in [4.69, 9.17) is 9.47 Å². The molecule has 0 radical (unpaired) electrons. The molecule has 2 rings (SSSR count). The van der Waals surface area contributed by atoms with E-state index in [-0.39, 0.29) is 11.9 Å². The summed E-state index contributed by atoms with van der Waals surface area (Å²) >= 11 is 0. The van der Waals surface area contributed by atoms with Crippen molar-refractivity contribution >= 4 is 5.97 Å². The Morgan fingerprint density at radius 3 is 2.24 bits per heavy atom. The number of methoxy groups -OCH3 is 2. The second-order valence-electron chi connectivity index (χ2n) is 5.56. The van der Waals surface area contributed by atoms with Crippen LogP contribution in [0, 0.1) is 0 Å². The van der Waals surface area contributed by atoms with Crippen molar-refractivity contribution in [3.05, 3.63) is 29.8 Å². The normalized spacial score (nSPS) is 17.8. The van der Waals surface area contributed by atoms with Crippen molar-refractivity contribution in [3.8, 4) is 5.75 Å². The summed E-state index contributed by atoms with van der Waals surface area (Å²) < 4.78 is 10.2. The van der Waals surface area contributed by atoms with Crippen LogP contribution < -0.4 is 4.74 Å². The van der Waals surface area contributed by atoms with Crippen LogP contribution >= 0.6 is 0 Å². The molecule has 0 N–H and O–H groups in total. The first-order valence-electron chi connectivity index (χ1n) is 7.68. The summed E-state index contributed by atoms with van der Waals surface area (Å²) in [6, 6.07) is 7.71. The fraction of sp³-hybridized carbons (Fsp3) is 0.588. The van der Waals surface area contributed by atoms with Gasteiger partial charge < -0.3 is 14.4 Å². The molecule has 0 bridgehead atoms. The van der Waals surface area contributed by atoms with Gasteiger partial charge in [-0.2, -0.15) is 0 Å². The quantitative estimate of drug-likeness (QED) is 0.782. The maximum absolute atomic E-state index is 12.1. The number of benzene rings is 1. The smallest absolute Gasteiger partial charge is 0.314 e. The van der Waals surface area contributed by atoms with E-state index in [2.05, 4.69) is 4.90 Å². The van der Waals surface area contributed by atoms with Crippen LogP contribution in [0.25, 0.3) is 0 Å². The molecule has 1 fully saturated rings. The third-order valence-corrected chi connectivity index (χ3v) is 4.14. The molecule has 1 aromatic carbocycles. The largest absolute Gasteiger partial charge is 0.497 e. The Hall–Kier alpha value is -1.55. The fourth-order valence-electron chi connectivity index (χ4n) is 2.87. The average Bonchev–Trinajstić information content (AvgIpc) is 2.80. The summed E-state index contributed by atoms with van der Waals surface area (Å²) in [7, 11) is 3.10. The molecule has 1 aliphatic heterocycles. The Labute approximate surface area is 127 Å². The molecule has 1 heterocycles. The maximum atomic E-state index is 12.1. The third-order valence-electron chi connectivity index (χ3n) is 4.14. The number of carbonyl (C=O) groups excluding carboxylic acids is 1. The summed E-state index contributed by atoms with van der Waals surface area (Å²) in [5.74, 6) is 0.417. The zero-order valence-electron chi connectivity index (χ0n) is 13.0. The van der Waals surface area contributed by atoms with Crippen LogP contribution in [0.1, 0.15) is 37.2 Å². The number of rotatable bonds is 5. The van der Waals surface area contributed by atoms with E-state index in [0.29, 0.717) is 0 Å². The Morgan fingerprint density at radius 2 is 1.71 bits per heavy atom. The Balaban J connectivity index is 2.10. The molecule has 0 saturated carbocycles. The molecule has 1 unspecified atom stereocenters. The first-order chi connectivity index (χ1) is 10.2. The van der Waals surface area contributed by atoms with Gasteiger partial charge in [0.25, 0.3) is 0 Å². The predicted octanol–water partition coefficient (Wildman–Crippen LogP) is 2.83. The van der Waals surface area contributed by atoms with Gasteiger partial charge in [0.15, 0.2) is 0 Å². The predicted molar refractivity (Wildman–Crippen MR) is 82.7 cm³/mol. The molecule has 1 aliphatic rings. The molecule has 21 heavy (non-hydrogen) atoms. The topological polar surface area (TPSA) is 38.8 Å². The highest BCUT2D eigenvalue weighted by molar-refractivity contribution is 5.78. The van der Waals surface area contributed by atoms with Gasteiger partial charge in [0.05, 0.1) is 20.1 Å². The van der Waals surface area contributed by atoms with Gasteiger partial charge in [-0.05, 0) is 43.6 Å². The monoisotopic (exact) mass is 291 g/mol. The van der Waals surface area contributed by atoms with E-state index in [9.17, 15) is 4.79 Å². The number of ether oxygens (including phenoxy) is 2. The van der Waals surface area contributed by atoms with Gasteiger partial charge in [-0.3, -0.25) is 4.79 Å². The summed E-state index contributed by atoms with van der Waals surface area (Å²) in [6.45, 7) is 2.88. The molecule has 0 aromatic heterocycles. The zero-order chi connectivity index (χ0) is 15.1. The molecule has 1 aromatic rings. The highest BCUT2D eigenvalue weighted by Gasteiger charge is 2.24. The number of nitrogens with zero attached hydrogens (tertiary/aromatic N) is 1. The van der Waals surface area contributed by atoms with Crippen molar-refractivity contribution < 1.29 is 14.3 Å². The van der Waals surface area contributed by atoms with Crippen LogP contribution in [0.5, 0.6) is 5.75 Å². The van der Waals surface area contributed by atoms with Crippen molar-refractivity contribution in [2.75, 3.05) is 33.9 Å². The van der Waals surface area contributed by atoms with Crippen molar-refractivity contribution in [3.63, 3.8) is 0 Å². The SMILES string of the molecule is COC(=O)C(CN1CCCCCC1)c1ccc(OC)cc1. The van der Waals surface area contributed by atoms with Gasteiger partial charge in [-0.25, -0.2) is 0 Å². The first-order valence-corrected chi connectivity index (χ1v) is 7.68. The number of esters is 1. The number of carbonyl (C=O) groups is 1. The molecular formula is C17H25NO3. The molecule has 116 valence electrons. The van der Waals surface area contributed by atoms with Gasteiger partial charge >= 0.3 is 5.97 Å². The fourth-order valence-corrected chi connectivity index (χ4v) is 2.87. The Bertz CT molecular complexity index is 436. The van der Waals surface area contributed by atoms with Crippen LogP contribution in [0.3, 0.4) is 0 Å². The van der Waals surface area contributed by atoms with Crippen molar-refractivity contribution in [1.82, 2.24) is 4.90 Å². The minimum Gasteiger partial charge on any atom is -0.497 e. The molecule has 4 nitrogen and oxygen atoms in total. The van der Waals surface area contributed by atoms with E-state index < -0.39 is 0 Å². The number of likely N-dealkylation sites (tertiary alicyclic amines) is 1. The zero-order valence-corrected chi connectivity index (χ0v) is 13.0. The van der Waals surface area contributed by atoms with E-state index >= 15 is 0 Å². The highest BCUT2D eigenvalue weighted by Crippen LogP contribution is 2.23. The van der Waals surface area contributed by atoms with Gasteiger partial charge in [0, 0.05) is 6.54 Å². The second kappa shape index (κ2) is 8.03. The molecular weight excluding hydrogens is 266 g/mol. The van der Waals surface area contributed by atoms with Crippen molar-refractivity contribution in [2.45, 2.75) is 31.6 Å². The number of hydrogen-bond acceptors (Lipinski definition) is 4. The van der Waals surface area contributed by atoms with Gasteiger partial charge in [-0.15, -0.1) is 0 Å². The Morgan fingerprint density at radius 1 is 1.10 bits per heavy atom. The lowest BCUT2D eigenvalue weighted by Gasteiger charge is -2.25. The van der Waals surface area contributed by atoms with Crippen LogP contribution in [0.4, 0.5) is 0 Å². The summed E-state index contributed by atoms with van der Waals surface area (Å²) in [6.07, 6.45) is 5.02. The van der Waals surface area contributed by atoms with E-state index in [1.165, 1.54) is 32.8 Å². The van der Waals surface area contributed by atoms with Crippen molar-refractivity contribution in [1.29, 1.82) is 0 Å². The molecule has 0 amide bonds. The van der Waals surface area contributed by atoms with Crippen LogP contribution in [-0.2, 0) is 9.53 Å². The van der Waals surface area contributed by atoms with E-state index in [0.717, 1.165) is 30.9 Å². The van der Waals surface area contributed by atoms with Crippen LogP contribution in [-0.4, -0.2) is 44.7 Å². The lowest BCUT2D eigenvalue weighted by atomic mass is 9.98. The van der Waals surface area contributed by atoms with Gasteiger partial charge in [0.1, 0.15) is 5.75 Å². The molecule has 4 heteroatoms. The first kappa shape index (κ1) is 15.8.